The largest absolute Gasteiger partial charge is 0.480 e. The summed E-state index contributed by atoms with van der Waals surface area (Å²) < 4.78 is 24.3. The van der Waals surface area contributed by atoms with Gasteiger partial charge in [-0.25, -0.2) is 13.1 Å². The first-order chi connectivity index (χ1) is 6.78. The summed E-state index contributed by atoms with van der Waals surface area (Å²) in [6, 6.07) is -1.49. The Morgan fingerprint density at radius 2 is 2.00 bits per heavy atom. The Labute approximate surface area is 87.7 Å². The van der Waals surface area contributed by atoms with Crippen LogP contribution >= 0.6 is 0 Å². The van der Waals surface area contributed by atoms with Crippen LogP contribution in [0, 0.1) is 0 Å². The quantitative estimate of drug-likeness (QED) is 0.505. The molecule has 0 aromatic carbocycles. The normalized spacial score (nSPS) is 13.4. The van der Waals surface area contributed by atoms with Crippen LogP contribution in [-0.4, -0.2) is 37.2 Å². The minimum atomic E-state index is -3.66. The van der Waals surface area contributed by atoms with Crippen molar-refractivity contribution in [2.75, 3.05) is 5.75 Å². The first-order valence-electron chi connectivity index (χ1n) is 4.29. The molecule has 4 N–H and O–H groups in total. The van der Waals surface area contributed by atoms with E-state index in [4.69, 9.17) is 10.8 Å². The van der Waals surface area contributed by atoms with Gasteiger partial charge in [-0.3, -0.25) is 9.59 Å². The van der Waals surface area contributed by atoms with E-state index in [0.717, 1.165) is 0 Å². The van der Waals surface area contributed by atoms with Crippen LogP contribution in [0.4, 0.5) is 0 Å². The number of hydrogen-bond donors (Lipinski definition) is 3. The van der Waals surface area contributed by atoms with Crippen molar-refractivity contribution >= 4 is 21.9 Å². The predicted molar refractivity (Wildman–Crippen MR) is 52.4 cm³/mol. The fourth-order valence-corrected chi connectivity index (χ4v) is 2.20. The van der Waals surface area contributed by atoms with Crippen molar-refractivity contribution in [1.82, 2.24) is 4.72 Å². The maximum absolute atomic E-state index is 11.2. The van der Waals surface area contributed by atoms with Gasteiger partial charge in [0.05, 0.1) is 12.2 Å². The van der Waals surface area contributed by atoms with E-state index in [0.29, 0.717) is 6.42 Å². The second-order valence-corrected chi connectivity index (χ2v) is 4.87. The zero-order valence-corrected chi connectivity index (χ0v) is 9.08. The number of aliphatic carboxylic acids is 1. The summed E-state index contributed by atoms with van der Waals surface area (Å²) in [5.41, 5.74) is 4.79. The van der Waals surface area contributed by atoms with Gasteiger partial charge in [-0.05, 0) is 6.42 Å². The van der Waals surface area contributed by atoms with Crippen molar-refractivity contribution in [3.05, 3.63) is 0 Å². The molecule has 0 spiro atoms. The van der Waals surface area contributed by atoms with Crippen molar-refractivity contribution in [3.8, 4) is 0 Å². The molecule has 0 heterocycles. The average molecular weight is 238 g/mol. The van der Waals surface area contributed by atoms with Gasteiger partial charge in [0.15, 0.2) is 0 Å². The van der Waals surface area contributed by atoms with Crippen molar-refractivity contribution in [2.24, 2.45) is 5.73 Å². The van der Waals surface area contributed by atoms with Gasteiger partial charge in [0, 0.05) is 0 Å². The Balaban J connectivity index is 4.55. The summed E-state index contributed by atoms with van der Waals surface area (Å²) in [7, 11) is -3.66. The molecular formula is C7H14N2O5S. The van der Waals surface area contributed by atoms with Gasteiger partial charge in [-0.2, -0.15) is 0 Å². The Morgan fingerprint density at radius 3 is 2.33 bits per heavy atom. The maximum atomic E-state index is 11.2. The topological polar surface area (TPSA) is 127 Å². The number of sulfonamides is 1. The molecule has 0 radical (unpaired) electrons. The lowest BCUT2D eigenvalue weighted by Crippen LogP contribution is -2.44. The fraction of sp³-hybridized carbons (Fsp3) is 0.714. The highest BCUT2D eigenvalue weighted by Crippen LogP contribution is 1.97. The first kappa shape index (κ1) is 13.8. The molecule has 7 nitrogen and oxygen atoms in total. The average Bonchev–Trinajstić information content (AvgIpc) is 2.00. The Bertz CT molecular complexity index is 337. The number of carboxylic acid groups (broad SMARTS) is 1. The maximum Gasteiger partial charge on any atom is 0.322 e. The zero-order chi connectivity index (χ0) is 12.1. The molecule has 1 amide bonds. The molecule has 0 saturated carbocycles. The van der Waals surface area contributed by atoms with E-state index in [9.17, 15) is 18.0 Å². The third-order valence-corrected chi connectivity index (χ3v) is 3.09. The van der Waals surface area contributed by atoms with Crippen LogP contribution in [0.3, 0.4) is 0 Å². The Hall–Kier alpha value is -1.15. The molecule has 1 atom stereocenters. The standard InChI is InChI=1S/C7H14N2O5S/c1-2-3-15(13,14)9-5(7(11)12)4-6(8)10/h5,9H,2-4H2,1H3,(H2,8,10)(H,11,12)/t5-/m1/s1. The monoisotopic (exact) mass is 238 g/mol. The molecule has 0 aromatic rings. The van der Waals surface area contributed by atoms with Gasteiger partial charge < -0.3 is 10.8 Å². The molecule has 0 fully saturated rings. The highest BCUT2D eigenvalue weighted by atomic mass is 32.2. The van der Waals surface area contributed by atoms with E-state index >= 15 is 0 Å². The lowest BCUT2D eigenvalue weighted by molar-refractivity contribution is -0.140. The van der Waals surface area contributed by atoms with Gasteiger partial charge in [0.25, 0.3) is 0 Å². The molecule has 0 aliphatic heterocycles. The lowest BCUT2D eigenvalue weighted by Gasteiger charge is -2.12. The van der Waals surface area contributed by atoms with Crippen molar-refractivity contribution in [2.45, 2.75) is 25.8 Å². The summed E-state index contributed by atoms with van der Waals surface area (Å²) in [6.07, 6.45) is -0.198. The van der Waals surface area contributed by atoms with Crippen LogP contribution in [0.2, 0.25) is 0 Å². The third kappa shape index (κ3) is 6.02. The van der Waals surface area contributed by atoms with Crippen molar-refractivity contribution < 1.29 is 23.1 Å². The minimum absolute atomic E-state index is 0.185. The third-order valence-electron chi connectivity index (χ3n) is 1.50. The van der Waals surface area contributed by atoms with Gasteiger partial charge >= 0.3 is 5.97 Å². The van der Waals surface area contributed by atoms with Crippen LogP contribution in [0.5, 0.6) is 0 Å². The zero-order valence-electron chi connectivity index (χ0n) is 8.26. The molecule has 0 aliphatic carbocycles. The molecule has 0 aliphatic rings. The number of rotatable bonds is 7. The number of primary amides is 1. The summed E-state index contributed by atoms with van der Waals surface area (Å²) >= 11 is 0. The number of carbonyl (C=O) groups excluding carboxylic acids is 1. The molecule has 0 rings (SSSR count). The van der Waals surface area contributed by atoms with E-state index in [2.05, 4.69) is 0 Å². The fourth-order valence-electron chi connectivity index (χ4n) is 0.925. The molecule has 0 bridgehead atoms. The molecule has 0 aromatic heterocycles. The summed E-state index contributed by atoms with van der Waals surface area (Å²) in [5.74, 6) is -2.48. The lowest BCUT2D eigenvalue weighted by atomic mass is 10.2. The van der Waals surface area contributed by atoms with Gasteiger partial charge in [-0.15, -0.1) is 0 Å². The first-order valence-corrected chi connectivity index (χ1v) is 5.95. The van der Waals surface area contributed by atoms with Crippen molar-refractivity contribution in [1.29, 1.82) is 0 Å². The number of carbonyl (C=O) groups is 2. The highest BCUT2D eigenvalue weighted by molar-refractivity contribution is 7.89. The number of nitrogens with two attached hydrogens (primary N) is 1. The molecular weight excluding hydrogens is 224 g/mol. The van der Waals surface area contributed by atoms with Crippen LogP contribution in [0.15, 0.2) is 0 Å². The molecule has 15 heavy (non-hydrogen) atoms. The second kappa shape index (κ2) is 5.66. The number of hydrogen-bond acceptors (Lipinski definition) is 4. The van der Waals surface area contributed by atoms with Crippen LogP contribution in [0.1, 0.15) is 19.8 Å². The smallest absolute Gasteiger partial charge is 0.322 e. The molecule has 0 saturated heterocycles. The molecule has 0 unspecified atom stereocenters. The van der Waals surface area contributed by atoms with Gasteiger partial charge in [-0.1, -0.05) is 6.92 Å². The van der Waals surface area contributed by atoms with Crippen LogP contribution in [-0.2, 0) is 19.6 Å². The van der Waals surface area contributed by atoms with E-state index in [-0.39, 0.29) is 5.75 Å². The van der Waals surface area contributed by atoms with E-state index in [1.165, 1.54) is 0 Å². The minimum Gasteiger partial charge on any atom is -0.480 e. The van der Waals surface area contributed by atoms with Crippen LogP contribution in [0.25, 0.3) is 0 Å². The second-order valence-electron chi connectivity index (χ2n) is 3.00. The summed E-state index contributed by atoms with van der Waals surface area (Å²) in [5, 5.41) is 8.62. The number of amides is 1. The molecule has 88 valence electrons. The van der Waals surface area contributed by atoms with Crippen molar-refractivity contribution in [3.63, 3.8) is 0 Å². The van der Waals surface area contributed by atoms with Gasteiger partial charge in [0.1, 0.15) is 6.04 Å². The Kier molecular flexibility index (Phi) is 5.23. The Morgan fingerprint density at radius 1 is 1.47 bits per heavy atom. The summed E-state index contributed by atoms with van der Waals surface area (Å²) in [4.78, 5) is 21.1. The summed E-state index contributed by atoms with van der Waals surface area (Å²) in [6.45, 7) is 1.64. The molecule has 8 heteroatoms. The predicted octanol–water partition coefficient (Wildman–Crippen LogP) is -1.36. The van der Waals surface area contributed by atoms with Crippen LogP contribution < -0.4 is 10.5 Å². The van der Waals surface area contributed by atoms with E-state index in [1.54, 1.807) is 6.92 Å². The van der Waals surface area contributed by atoms with E-state index in [1.807, 2.05) is 4.72 Å². The van der Waals surface area contributed by atoms with E-state index < -0.39 is 34.4 Å². The number of nitrogens with one attached hydrogen (secondary N) is 1. The SMILES string of the molecule is CCCS(=O)(=O)N[C@H](CC(N)=O)C(=O)O. The van der Waals surface area contributed by atoms with Gasteiger partial charge in [0.2, 0.25) is 15.9 Å². The number of carboxylic acids is 1. The highest BCUT2D eigenvalue weighted by Gasteiger charge is 2.24.